The van der Waals surface area contributed by atoms with Crippen molar-refractivity contribution < 1.29 is 9.53 Å². The van der Waals surface area contributed by atoms with Crippen LogP contribution in [0.5, 0.6) is 0 Å². The minimum absolute atomic E-state index is 0.0282. The van der Waals surface area contributed by atoms with Crippen molar-refractivity contribution >= 4 is 16.8 Å². The highest BCUT2D eigenvalue weighted by Crippen LogP contribution is 2.22. The molecule has 2 heterocycles. The standard InChI is InChI=1S/C22H23N3O3/c1-16-6-5-9-18-21(16)23-15-25(22(18)27)11-10-20(26)24-12-13-28-19(14-24)17-7-3-2-4-8-17/h2-9,15,19H,10-14H2,1H3. The highest BCUT2D eigenvalue weighted by Gasteiger charge is 2.25. The Bertz CT molecular complexity index is 1050. The second-order valence-electron chi connectivity index (χ2n) is 7.07. The average molecular weight is 377 g/mol. The third-order valence-electron chi connectivity index (χ3n) is 5.21. The van der Waals surface area contributed by atoms with E-state index >= 15 is 0 Å². The Labute approximate surface area is 163 Å². The van der Waals surface area contributed by atoms with Gasteiger partial charge in [0.1, 0.15) is 6.10 Å². The number of morpholine rings is 1. The van der Waals surface area contributed by atoms with Gasteiger partial charge in [-0.2, -0.15) is 0 Å². The monoisotopic (exact) mass is 377 g/mol. The molecule has 0 bridgehead atoms. The molecule has 0 spiro atoms. The average Bonchev–Trinajstić information content (AvgIpc) is 2.74. The molecular weight excluding hydrogens is 354 g/mol. The Hall–Kier alpha value is -2.99. The predicted molar refractivity (Wildman–Crippen MR) is 107 cm³/mol. The molecular formula is C22H23N3O3. The molecule has 6 nitrogen and oxygen atoms in total. The third-order valence-corrected chi connectivity index (χ3v) is 5.21. The van der Waals surface area contributed by atoms with Gasteiger partial charge in [0, 0.05) is 19.5 Å². The molecule has 1 aliphatic heterocycles. The summed E-state index contributed by atoms with van der Waals surface area (Å²) in [6.45, 7) is 3.88. The van der Waals surface area contributed by atoms with Crippen molar-refractivity contribution in [3.63, 3.8) is 0 Å². The number of hydrogen-bond donors (Lipinski definition) is 0. The number of nitrogens with zero attached hydrogens (tertiary/aromatic N) is 3. The summed E-state index contributed by atoms with van der Waals surface area (Å²) in [5.74, 6) is 0.0282. The summed E-state index contributed by atoms with van der Waals surface area (Å²) < 4.78 is 7.35. The van der Waals surface area contributed by atoms with Crippen LogP contribution in [0.4, 0.5) is 0 Å². The van der Waals surface area contributed by atoms with Crippen LogP contribution < -0.4 is 5.56 Å². The summed E-state index contributed by atoms with van der Waals surface area (Å²) >= 11 is 0. The SMILES string of the molecule is Cc1cccc2c(=O)n(CCC(=O)N3CCOC(c4ccccc4)C3)cnc12. The molecule has 3 aromatic rings. The maximum absolute atomic E-state index is 12.7. The van der Waals surface area contributed by atoms with E-state index in [4.69, 9.17) is 4.74 Å². The fourth-order valence-electron chi connectivity index (χ4n) is 3.62. The Morgan fingerprint density at radius 2 is 2.00 bits per heavy atom. The van der Waals surface area contributed by atoms with Crippen LogP contribution in [0.25, 0.3) is 10.9 Å². The molecule has 0 saturated carbocycles. The van der Waals surface area contributed by atoms with Crippen molar-refractivity contribution in [3.05, 3.63) is 76.3 Å². The lowest BCUT2D eigenvalue weighted by molar-refractivity contribution is -0.139. The van der Waals surface area contributed by atoms with Gasteiger partial charge in [0.25, 0.3) is 5.56 Å². The van der Waals surface area contributed by atoms with Gasteiger partial charge in [-0.25, -0.2) is 4.98 Å². The van der Waals surface area contributed by atoms with E-state index in [1.165, 1.54) is 10.9 Å². The summed E-state index contributed by atoms with van der Waals surface area (Å²) in [6, 6.07) is 15.5. The Morgan fingerprint density at radius 1 is 1.18 bits per heavy atom. The maximum Gasteiger partial charge on any atom is 0.261 e. The quantitative estimate of drug-likeness (QED) is 0.701. The van der Waals surface area contributed by atoms with E-state index in [1.54, 1.807) is 6.07 Å². The van der Waals surface area contributed by atoms with Crippen molar-refractivity contribution in [2.24, 2.45) is 0 Å². The Balaban J connectivity index is 1.44. The van der Waals surface area contributed by atoms with Gasteiger partial charge in [0.2, 0.25) is 5.91 Å². The molecule has 4 rings (SSSR count). The van der Waals surface area contributed by atoms with Gasteiger partial charge in [-0.1, -0.05) is 42.5 Å². The number of fused-ring (bicyclic) bond motifs is 1. The fourth-order valence-corrected chi connectivity index (χ4v) is 3.62. The van der Waals surface area contributed by atoms with Crippen molar-refractivity contribution in [3.8, 4) is 0 Å². The zero-order valence-corrected chi connectivity index (χ0v) is 15.9. The summed E-state index contributed by atoms with van der Waals surface area (Å²) in [6.07, 6.45) is 1.70. The summed E-state index contributed by atoms with van der Waals surface area (Å²) in [7, 11) is 0. The van der Waals surface area contributed by atoms with Crippen molar-refractivity contribution in [2.45, 2.75) is 26.0 Å². The molecule has 1 aromatic heterocycles. The first-order valence-corrected chi connectivity index (χ1v) is 9.52. The minimum Gasteiger partial charge on any atom is -0.370 e. The fraction of sp³-hybridized carbons (Fsp3) is 0.318. The molecule has 144 valence electrons. The summed E-state index contributed by atoms with van der Waals surface area (Å²) in [5, 5.41) is 0.588. The number of carbonyl (C=O) groups excluding carboxylic acids is 1. The van der Waals surface area contributed by atoms with Crippen LogP contribution in [0.3, 0.4) is 0 Å². The van der Waals surface area contributed by atoms with Gasteiger partial charge in [-0.15, -0.1) is 0 Å². The number of aromatic nitrogens is 2. The molecule has 28 heavy (non-hydrogen) atoms. The normalized spacial score (nSPS) is 17.0. The smallest absolute Gasteiger partial charge is 0.261 e. The first-order valence-electron chi connectivity index (χ1n) is 9.52. The molecule has 1 fully saturated rings. The zero-order chi connectivity index (χ0) is 19.5. The molecule has 1 unspecified atom stereocenters. The Kier molecular flexibility index (Phi) is 5.21. The molecule has 0 aliphatic carbocycles. The van der Waals surface area contributed by atoms with Gasteiger partial charge >= 0.3 is 0 Å². The molecule has 6 heteroatoms. The summed E-state index contributed by atoms with van der Waals surface area (Å²) in [5.41, 5.74) is 2.66. The maximum atomic E-state index is 12.7. The van der Waals surface area contributed by atoms with E-state index in [2.05, 4.69) is 4.98 Å². The third kappa shape index (κ3) is 3.68. The van der Waals surface area contributed by atoms with Crippen LogP contribution in [-0.2, 0) is 16.1 Å². The van der Waals surface area contributed by atoms with Crippen LogP contribution in [0.15, 0.2) is 59.7 Å². The van der Waals surface area contributed by atoms with E-state index in [1.807, 2.05) is 54.3 Å². The van der Waals surface area contributed by atoms with Crippen molar-refractivity contribution in [1.82, 2.24) is 14.5 Å². The summed E-state index contributed by atoms with van der Waals surface area (Å²) in [4.78, 5) is 31.6. The molecule has 2 aromatic carbocycles. The molecule has 0 N–H and O–H groups in total. The minimum atomic E-state index is -0.106. The topological polar surface area (TPSA) is 64.4 Å². The second kappa shape index (κ2) is 7.94. The second-order valence-corrected chi connectivity index (χ2v) is 7.07. The number of rotatable bonds is 4. The van der Waals surface area contributed by atoms with Crippen LogP contribution in [0.1, 0.15) is 23.7 Å². The highest BCUT2D eigenvalue weighted by atomic mass is 16.5. The van der Waals surface area contributed by atoms with E-state index in [-0.39, 0.29) is 24.0 Å². The number of para-hydroxylation sites is 1. The molecule has 1 saturated heterocycles. The molecule has 1 aliphatic rings. The van der Waals surface area contributed by atoms with Gasteiger partial charge < -0.3 is 9.64 Å². The largest absolute Gasteiger partial charge is 0.370 e. The van der Waals surface area contributed by atoms with Gasteiger partial charge in [0.15, 0.2) is 0 Å². The lowest BCUT2D eigenvalue weighted by Gasteiger charge is -2.33. The number of amides is 1. The van der Waals surface area contributed by atoms with E-state index in [9.17, 15) is 9.59 Å². The zero-order valence-electron chi connectivity index (χ0n) is 15.9. The van der Waals surface area contributed by atoms with Gasteiger partial charge in [-0.3, -0.25) is 14.2 Å². The van der Waals surface area contributed by atoms with Crippen LogP contribution in [0, 0.1) is 6.92 Å². The predicted octanol–water partition coefficient (Wildman–Crippen LogP) is 2.70. The van der Waals surface area contributed by atoms with Crippen LogP contribution in [-0.4, -0.2) is 40.1 Å². The van der Waals surface area contributed by atoms with Crippen LogP contribution >= 0.6 is 0 Å². The van der Waals surface area contributed by atoms with E-state index in [0.29, 0.717) is 37.1 Å². The Morgan fingerprint density at radius 3 is 2.82 bits per heavy atom. The molecule has 1 atom stereocenters. The number of benzene rings is 2. The van der Waals surface area contributed by atoms with Gasteiger partial charge in [-0.05, 0) is 24.1 Å². The van der Waals surface area contributed by atoms with E-state index in [0.717, 1.165) is 11.1 Å². The van der Waals surface area contributed by atoms with E-state index < -0.39 is 0 Å². The number of hydrogen-bond acceptors (Lipinski definition) is 4. The van der Waals surface area contributed by atoms with Crippen LogP contribution in [0.2, 0.25) is 0 Å². The number of ether oxygens (including phenoxy) is 1. The van der Waals surface area contributed by atoms with Crippen molar-refractivity contribution in [1.29, 1.82) is 0 Å². The molecule has 0 radical (unpaired) electrons. The molecule has 1 amide bonds. The van der Waals surface area contributed by atoms with Crippen molar-refractivity contribution in [2.75, 3.05) is 19.7 Å². The number of carbonyl (C=O) groups is 1. The lowest BCUT2D eigenvalue weighted by Crippen LogP contribution is -2.42. The first-order chi connectivity index (χ1) is 13.6. The highest BCUT2D eigenvalue weighted by molar-refractivity contribution is 5.80. The first kappa shape index (κ1) is 18.4. The lowest BCUT2D eigenvalue weighted by atomic mass is 10.1. The number of aryl methyl sites for hydroxylation is 2. The van der Waals surface area contributed by atoms with Gasteiger partial charge in [0.05, 0.1) is 30.4 Å².